The summed E-state index contributed by atoms with van der Waals surface area (Å²) >= 11 is 0. The lowest BCUT2D eigenvalue weighted by Crippen LogP contribution is -2.00. The molecule has 1 aromatic rings. The van der Waals surface area contributed by atoms with Gasteiger partial charge in [0.15, 0.2) is 12.4 Å². The molecule has 3 nitrogen and oxygen atoms in total. The Kier molecular flexibility index (Phi) is 3.57. The summed E-state index contributed by atoms with van der Waals surface area (Å²) in [5, 5.41) is 8.21. The zero-order chi connectivity index (χ0) is 10.4. The summed E-state index contributed by atoms with van der Waals surface area (Å²) in [7, 11) is 0. The normalized spacial score (nSPS) is 8.64. The second-order valence-corrected chi connectivity index (χ2v) is 2.63. The zero-order valence-corrected chi connectivity index (χ0v) is 7.78. The number of carbonyl (C=O) groups is 1. The summed E-state index contributed by atoms with van der Waals surface area (Å²) in [5.41, 5.74) is 0.521. The number of aliphatic hydroxyl groups excluding tert-OH is 1. The van der Waals surface area contributed by atoms with Crippen LogP contribution in [-0.2, 0) is 0 Å². The molecule has 1 N–H and O–H groups in total. The first-order valence-corrected chi connectivity index (χ1v) is 4.10. The number of para-hydroxylation sites is 1. The highest BCUT2D eigenvalue weighted by molar-refractivity contribution is 5.96. The molecular formula is C11H10O3. The highest BCUT2D eigenvalue weighted by atomic mass is 16.5. The highest BCUT2D eigenvalue weighted by Gasteiger charge is 2.05. The zero-order valence-electron chi connectivity index (χ0n) is 7.78. The van der Waals surface area contributed by atoms with Gasteiger partial charge in [0.25, 0.3) is 0 Å². The van der Waals surface area contributed by atoms with E-state index in [1.165, 1.54) is 6.92 Å². The molecule has 1 aromatic carbocycles. The third kappa shape index (κ3) is 2.53. The number of Topliss-reactive ketones (excluding diaryl/α,β-unsaturated/α-hetero) is 1. The van der Waals surface area contributed by atoms with Crippen molar-refractivity contribution in [3.05, 3.63) is 29.8 Å². The van der Waals surface area contributed by atoms with Crippen LogP contribution in [0.25, 0.3) is 0 Å². The van der Waals surface area contributed by atoms with Crippen LogP contribution in [0.4, 0.5) is 0 Å². The van der Waals surface area contributed by atoms with Crippen molar-refractivity contribution < 1.29 is 14.6 Å². The number of aliphatic hydroxyl groups is 1. The number of hydrogen-bond donors (Lipinski definition) is 1. The first kappa shape index (κ1) is 10.1. The average molecular weight is 190 g/mol. The number of carbonyl (C=O) groups excluding carboxylic acids is 1. The molecule has 0 atom stereocenters. The molecule has 0 aliphatic heterocycles. The molecule has 0 radical (unpaired) electrons. The number of ketones is 1. The van der Waals surface area contributed by atoms with Gasteiger partial charge in [-0.1, -0.05) is 12.1 Å². The minimum Gasteiger partial charge on any atom is -0.480 e. The molecular weight excluding hydrogens is 180 g/mol. The SMILES string of the molecule is CC(=O)c1ccccc1OCC#CO. The third-order valence-corrected chi connectivity index (χ3v) is 1.65. The summed E-state index contributed by atoms with van der Waals surface area (Å²) in [6.07, 6.45) is 1.73. The van der Waals surface area contributed by atoms with Crippen LogP contribution in [-0.4, -0.2) is 17.5 Å². The van der Waals surface area contributed by atoms with E-state index in [0.29, 0.717) is 11.3 Å². The van der Waals surface area contributed by atoms with E-state index in [-0.39, 0.29) is 12.4 Å². The Labute approximate surface area is 82.3 Å². The highest BCUT2D eigenvalue weighted by Crippen LogP contribution is 2.17. The van der Waals surface area contributed by atoms with Gasteiger partial charge in [-0.05, 0) is 25.0 Å². The summed E-state index contributed by atoms with van der Waals surface area (Å²) in [4.78, 5) is 11.1. The van der Waals surface area contributed by atoms with E-state index in [4.69, 9.17) is 9.84 Å². The first-order chi connectivity index (χ1) is 6.75. The van der Waals surface area contributed by atoms with Crippen LogP contribution in [0.1, 0.15) is 17.3 Å². The van der Waals surface area contributed by atoms with Gasteiger partial charge in [0.1, 0.15) is 11.9 Å². The summed E-state index contributed by atoms with van der Waals surface area (Å²) in [6, 6.07) is 6.91. The maximum absolute atomic E-state index is 11.1. The van der Waals surface area contributed by atoms with Crippen molar-refractivity contribution in [2.75, 3.05) is 6.61 Å². The van der Waals surface area contributed by atoms with Gasteiger partial charge in [0, 0.05) is 0 Å². The van der Waals surface area contributed by atoms with Crippen LogP contribution in [0.2, 0.25) is 0 Å². The fourth-order valence-electron chi connectivity index (χ4n) is 1.03. The number of rotatable bonds is 3. The molecule has 0 spiro atoms. The van der Waals surface area contributed by atoms with Crippen LogP contribution in [0.15, 0.2) is 24.3 Å². The van der Waals surface area contributed by atoms with Crippen LogP contribution in [0.5, 0.6) is 5.75 Å². The minimum absolute atomic E-state index is 0.0578. The van der Waals surface area contributed by atoms with Crippen LogP contribution < -0.4 is 4.74 Å². The fraction of sp³-hybridized carbons (Fsp3) is 0.182. The smallest absolute Gasteiger partial charge is 0.163 e. The molecule has 14 heavy (non-hydrogen) atoms. The number of ether oxygens (including phenoxy) is 1. The Morgan fingerprint density at radius 1 is 1.50 bits per heavy atom. The predicted octanol–water partition coefficient (Wildman–Crippen LogP) is 1.60. The minimum atomic E-state index is -0.0578. The molecule has 0 fully saturated rings. The van der Waals surface area contributed by atoms with Gasteiger partial charge in [-0.25, -0.2) is 0 Å². The Morgan fingerprint density at radius 3 is 2.86 bits per heavy atom. The summed E-state index contributed by atoms with van der Waals surface area (Å²) in [6.45, 7) is 1.54. The summed E-state index contributed by atoms with van der Waals surface area (Å²) in [5.74, 6) is 2.77. The maximum atomic E-state index is 11.1. The molecule has 1 rings (SSSR count). The van der Waals surface area contributed by atoms with E-state index in [1.807, 2.05) is 0 Å². The largest absolute Gasteiger partial charge is 0.480 e. The van der Waals surface area contributed by atoms with Gasteiger partial charge in [0.05, 0.1) is 5.56 Å². The van der Waals surface area contributed by atoms with Crippen molar-refractivity contribution in [2.45, 2.75) is 6.92 Å². The molecule has 3 heteroatoms. The number of hydrogen-bond acceptors (Lipinski definition) is 3. The fourth-order valence-corrected chi connectivity index (χ4v) is 1.03. The Bertz CT molecular complexity index is 385. The van der Waals surface area contributed by atoms with Crippen molar-refractivity contribution in [3.8, 4) is 17.8 Å². The molecule has 0 amide bonds. The molecule has 0 unspecified atom stereocenters. The van der Waals surface area contributed by atoms with E-state index < -0.39 is 0 Å². The quantitative estimate of drug-likeness (QED) is 0.581. The molecule has 0 aliphatic carbocycles. The first-order valence-electron chi connectivity index (χ1n) is 4.10. The van der Waals surface area contributed by atoms with Crippen molar-refractivity contribution >= 4 is 5.78 Å². The molecule has 0 aliphatic rings. The van der Waals surface area contributed by atoms with E-state index in [1.54, 1.807) is 30.4 Å². The van der Waals surface area contributed by atoms with Gasteiger partial charge in [0.2, 0.25) is 0 Å². The predicted molar refractivity (Wildman–Crippen MR) is 51.7 cm³/mol. The lowest BCUT2D eigenvalue weighted by atomic mass is 10.1. The van der Waals surface area contributed by atoms with Crippen LogP contribution in [0, 0.1) is 12.0 Å². The van der Waals surface area contributed by atoms with Crippen LogP contribution in [0.3, 0.4) is 0 Å². The Balaban J connectivity index is 2.83. The molecule has 0 saturated carbocycles. The lowest BCUT2D eigenvalue weighted by molar-refractivity contribution is 0.101. The van der Waals surface area contributed by atoms with E-state index >= 15 is 0 Å². The van der Waals surface area contributed by atoms with Gasteiger partial charge < -0.3 is 9.84 Å². The van der Waals surface area contributed by atoms with Crippen LogP contribution >= 0.6 is 0 Å². The second-order valence-electron chi connectivity index (χ2n) is 2.63. The van der Waals surface area contributed by atoms with Gasteiger partial charge in [-0.15, -0.1) is 0 Å². The lowest BCUT2D eigenvalue weighted by Gasteiger charge is -2.05. The second kappa shape index (κ2) is 4.93. The van der Waals surface area contributed by atoms with Gasteiger partial charge in [-0.2, -0.15) is 0 Å². The molecule has 0 aromatic heterocycles. The Hall–Kier alpha value is -1.95. The van der Waals surface area contributed by atoms with Gasteiger partial charge in [-0.3, -0.25) is 4.79 Å². The van der Waals surface area contributed by atoms with Crippen molar-refractivity contribution in [2.24, 2.45) is 0 Å². The monoisotopic (exact) mass is 190 g/mol. The summed E-state index contributed by atoms with van der Waals surface area (Å²) < 4.78 is 5.18. The van der Waals surface area contributed by atoms with Crippen molar-refractivity contribution in [3.63, 3.8) is 0 Å². The van der Waals surface area contributed by atoms with Crippen molar-refractivity contribution in [1.29, 1.82) is 0 Å². The molecule has 0 heterocycles. The molecule has 72 valence electrons. The molecule has 0 saturated heterocycles. The topological polar surface area (TPSA) is 46.5 Å². The Morgan fingerprint density at radius 2 is 2.21 bits per heavy atom. The third-order valence-electron chi connectivity index (χ3n) is 1.65. The average Bonchev–Trinajstić information content (AvgIpc) is 2.19. The van der Waals surface area contributed by atoms with E-state index in [2.05, 4.69) is 5.92 Å². The number of benzene rings is 1. The molecule has 0 bridgehead atoms. The van der Waals surface area contributed by atoms with E-state index in [0.717, 1.165) is 0 Å². The maximum Gasteiger partial charge on any atom is 0.163 e. The standard InChI is InChI=1S/C11H10O3/c1-9(13)10-5-2-3-6-11(10)14-8-4-7-12/h2-3,5-6,12H,8H2,1H3. The van der Waals surface area contributed by atoms with Crippen molar-refractivity contribution in [1.82, 2.24) is 0 Å². The van der Waals surface area contributed by atoms with E-state index in [9.17, 15) is 4.79 Å². The van der Waals surface area contributed by atoms with Gasteiger partial charge >= 0.3 is 0 Å².